The van der Waals surface area contributed by atoms with Gasteiger partial charge in [-0.15, -0.1) is 0 Å². The van der Waals surface area contributed by atoms with E-state index in [4.69, 9.17) is 4.74 Å². The number of benzene rings is 2. The highest BCUT2D eigenvalue weighted by Crippen LogP contribution is 2.49. The Balaban J connectivity index is 1.83. The van der Waals surface area contributed by atoms with Crippen LogP contribution in [0.3, 0.4) is 0 Å². The lowest BCUT2D eigenvalue weighted by Crippen LogP contribution is -2.55. The molecule has 0 spiro atoms. The third-order valence-electron chi connectivity index (χ3n) is 6.50. The van der Waals surface area contributed by atoms with E-state index < -0.39 is 5.54 Å². The Kier molecular flexibility index (Phi) is 3.75. The Morgan fingerprint density at radius 1 is 1.17 bits per heavy atom. The van der Waals surface area contributed by atoms with E-state index >= 15 is 0 Å². The molecular formula is C23H23N3O3. The molecule has 2 unspecified atom stereocenters. The molecule has 0 aliphatic carbocycles. The van der Waals surface area contributed by atoms with Crippen LogP contribution in [0.1, 0.15) is 36.2 Å². The fraction of sp³-hybridized carbons (Fsp3) is 0.304. The number of ether oxygens (including phenoxy) is 1. The SMILES string of the molecule is CCC12Cc3c([nH]c4ccc(OC)cc34)C(c3ccccc3)N1C(=O)N(C)C2=O. The lowest BCUT2D eigenvalue weighted by atomic mass is 9.78. The van der Waals surface area contributed by atoms with E-state index in [-0.39, 0.29) is 18.0 Å². The van der Waals surface area contributed by atoms with Crippen molar-refractivity contribution in [3.05, 3.63) is 65.4 Å². The van der Waals surface area contributed by atoms with Crippen LogP contribution >= 0.6 is 0 Å². The van der Waals surface area contributed by atoms with Crippen molar-refractivity contribution in [1.82, 2.24) is 14.8 Å². The first-order valence-electron chi connectivity index (χ1n) is 9.86. The first-order chi connectivity index (χ1) is 14.0. The standard InChI is InChI=1S/C23H23N3O3/c1-4-23-13-17-16-12-15(29-3)10-11-18(16)24-19(17)20(14-8-6-5-7-9-14)26(23)22(28)25(2)21(23)27/h5-12,20,24H,4,13H2,1-3H3. The first-order valence-corrected chi connectivity index (χ1v) is 9.86. The molecule has 0 saturated carbocycles. The zero-order chi connectivity index (χ0) is 20.3. The van der Waals surface area contributed by atoms with Gasteiger partial charge in [0, 0.05) is 30.1 Å². The zero-order valence-corrected chi connectivity index (χ0v) is 16.7. The molecule has 3 aromatic rings. The van der Waals surface area contributed by atoms with Crippen LogP contribution in [0, 0.1) is 0 Å². The summed E-state index contributed by atoms with van der Waals surface area (Å²) in [4.78, 5) is 33.1. The predicted molar refractivity (Wildman–Crippen MR) is 110 cm³/mol. The smallest absolute Gasteiger partial charge is 0.328 e. The molecule has 6 nitrogen and oxygen atoms in total. The van der Waals surface area contributed by atoms with Crippen LogP contribution < -0.4 is 4.74 Å². The normalized spacial score (nSPS) is 23.5. The Labute approximate surface area is 169 Å². The molecule has 0 radical (unpaired) electrons. The van der Waals surface area contributed by atoms with Crippen LogP contribution in [-0.4, -0.2) is 46.4 Å². The van der Waals surface area contributed by atoms with Gasteiger partial charge >= 0.3 is 6.03 Å². The van der Waals surface area contributed by atoms with Gasteiger partial charge in [0.25, 0.3) is 5.91 Å². The van der Waals surface area contributed by atoms with Crippen LogP contribution in [0.4, 0.5) is 4.79 Å². The van der Waals surface area contributed by atoms with Crippen molar-refractivity contribution in [2.45, 2.75) is 31.3 Å². The summed E-state index contributed by atoms with van der Waals surface area (Å²) in [7, 11) is 3.23. The Hall–Kier alpha value is -3.28. The highest BCUT2D eigenvalue weighted by molar-refractivity contribution is 6.08. The van der Waals surface area contributed by atoms with Crippen molar-refractivity contribution in [3.8, 4) is 5.75 Å². The van der Waals surface area contributed by atoms with Gasteiger partial charge in [-0.05, 0) is 35.7 Å². The number of carbonyl (C=O) groups excluding carboxylic acids is 2. The van der Waals surface area contributed by atoms with Crippen LogP contribution in [0.2, 0.25) is 0 Å². The minimum atomic E-state index is -0.877. The summed E-state index contributed by atoms with van der Waals surface area (Å²) < 4.78 is 5.43. The molecule has 0 bridgehead atoms. The number of methoxy groups -OCH3 is 1. The minimum absolute atomic E-state index is 0.131. The van der Waals surface area contributed by atoms with Gasteiger partial charge in [0.15, 0.2) is 0 Å². The van der Waals surface area contributed by atoms with E-state index in [0.29, 0.717) is 12.8 Å². The zero-order valence-electron chi connectivity index (χ0n) is 16.7. The summed E-state index contributed by atoms with van der Waals surface area (Å²) in [6.45, 7) is 1.99. The summed E-state index contributed by atoms with van der Waals surface area (Å²) in [5.41, 5.74) is 3.15. The van der Waals surface area contributed by atoms with Crippen LogP contribution in [0.25, 0.3) is 10.9 Å². The van der Waals surface area contributed by atoms with Crippen molar-refractivity contribution in [2.75, 3.05) is 14.2 Å². The second-order valence-electron chi connectivity index (χ2n) is 7.82. The van der Waals surface area contributed by atoms with Gasteiger partial charge in [0.05, 0.1) is 7.11 Å². The summed E-state index contributed by atoms with van der Waals surface area (Å²) in [6, 6.07) is 15.3. The Morgan fingerprint density at radius 3 is 2.62 bits per heavy atom. The molecule has 3 amide bonds. The third-order valence-corrected chi connectivity index (χ3v) is 6.50. The lowest BCUT2D eigenvalue weighted by molar-refractivity contribution is -0.133. The summed E-state index contributed by atoms with van der Waals surface area (Å²) in [5, 5.41) is 1.04. The van der Waals surface area contributed by atoms with Crippen LogP contribution in [0.15, 0.2) is 48.5 Å². The van der Waals surface area contributed by atoms with E-state index in [1.54, 1.807) is 19.1 Å². The number of nitrogens with zero attached hydrogens (tertiary/aromatic N) is 2. The molecule has 29 heavy (non-hydrogen) atoms. The molecule has 6 heteroatoms. The topological polar surface area (TPSA) is 65.6 Å². The number of imide groups is 1. The molecule has 5 rings (SSSR count). The number of nitrogens with one attached hydrogen (secondary N) is 1. The van der Waals surface area contributed by atoms with Crippen LogP contribution in [-0.2, 0) is 11.2 Å². The Morgan fingerprint density at radius 2 is 1.93 bits per heavy atom. The maximum Gasteiger partial charge on any atom is 0.328 e. The average molecular weight is 389 g/mol. The summed E-state index contributed by atoms with van der Waals surface area (Å²) >= 11 is 0. The quantitative estimate of drug-likeness (QED) is 0.692. The van der Waals surface area contributed by atoms with E-state index in [1.165, 1.54) is 4.90 Å². The molecular weight excluding hydrogens is 366 g/mol. The average Bonchev–Trinajstić information content (AvgIpc) is 3.21. The first kappa shape index (κ1) is 17.8. The molecule has 2 aliphatic rings. The number of likely N-dealkylation sites (N-methyl/N-ethyl adjacent to an activating group) is 1. The van der Waals surface area contributed by atoms with E-state index in [1.807, 2.05) is 55.5 Å². The number of rotatable bonds is 3. The summed E-state index contributed by atoms with van der Waals surface area (Å²) in [5.74, 6) is 0.642. The molecule has 2 aliphatic heterocycles. The number of H-pyrrole nitrogens is 1. The third kappa shape index (κ3) is 2.23. The predicted octanol–water partition coefficient (Wildman–Crippen LogP) is 3.86. The number of aromatic amines is 1. The number of carbonyl (C=O) groups is 2. The van der Waals surface area contributed by atoms with Crippen LogP contribution in [0.5, 0.6) is 5.75 Å². The summed E-state index contributed by atoms with van der Waals surface area (Å²) in [6.07, 6.45) is 1.05. The van der Waals surface area contributed by atoms with Crippen molar-refractivity contribution >= 4 is 22.8 Å². The minimum Gasteiger partial charge on any atom is -0.497 e. The molecule has 148 valence electrons. The number of aromatic nitrogens is 1. The monoisotopic (exact) mass is 389 g/mol. The van der Waals surface area contributed by atoms with E-state index in [9.17, 15) is 9.59 Å². The number of urea groups is 1. The molecule has 2 aromatic carbocycles. The fourth-order valence-corrected chi connectivity index (χ4v) is 4.98. The molecule has 1 aromatic heterocycles. The highest BCUT2D eigenvalue weighted by Gasteiger charge is 2.60. The molecule has 2 atom stereocenters. The largest absolute Gasteiger partial charge is 0.497 e. The van der Waals surface area contributed by atoms with E-state index in [2.05, 4.69) is 4.98 Å². The molecule has 3 heterocycles. The fourth-order valence-electron chi connectivity index (χ4n) is 4.98. The maximum atomic E-state index is 13.3. The maximum absolute atomic E-state index is 13.3. The Bertz CT molecular complexity index is 1140. The van der Waals surface area contributed by atoms with Gasteiger partial charge in [-0.2, -0.15) is 0 Å². The van der Waals surface area contributed by atoms with E-state index in [0.717, 1.165) is 33.5 Å². The van der Waals surface area contributed by atoms with Gasteiger partial charge in [-0.1, -0.05) is 37.3 Å². The molecule has 1 saturated heterocycles. The number of fused-ring (bicyclic) bond motifs is 4. The van der Waals surface area contributed by atoms with Gasteiger partial charge in [-0.25, -0.2) is 4.79 Å². The second kappa shape index (κ2) is 6.11. The molecule has 1 N–H and O–H groups in total. The van der Waals surface area contributed by atoms with Gasteiger partial charge in [-0.3, -0.25) is 14.6 Å². The van der Waals surface area contributed by atoms with Gasteiger partial charge in [0.1, 0.15) is 17.3 Å². The van der Waals surface area contributed by atoms with Crippen molar-refractivity contribution in [2.24, 2.45) is 0 Å². The van der Waals surface area contributed by atoms with Gasteiger partial charge in [0.2, 0.25) is 0 Å². The van der Waals surface area contributed by atoms with Crippen molar-refractivity contribution in [1.29, 1.82) is 0 Å². The van der Waals surface area contributed by atoms with Crippen molar-refractivity contribution < 1.29 is 14.3 Å². The highest BCUT2D eigenvalue weighted by atomic mass is 16.5. The number of hydrogen-bond donors (Lipinski definition) is 1. The van der Waals surface area contributed by atoms with Crippen molar-refractivity contribution in [3.63, 3.8) is 0 Å². The number of amides is 3. The molecule has 1 fully saturated rings. The lowest BCUT2D eigenvalue weighted by Gasteiger charge is -2.44. The van der Waals surface area contributed by atoms with Gasteiger partial charge < -0.3 is 9.72 Å². The second-order valence-corrected chi connectivity index (χ2v) is 7.82. The number of hydrogen-bond acceptors (Lipinski definition) is 3.